The first kappa shape index (κ1) is 17.9. The number of aromatic hydroxyl groups is 1. The lowest BCUT2D eigenvalue weighted by Gasteiger charge is -2.08. The van der Waals surface area contributed by atoms with Gasteiger partial charge in [-0.3, -0.25) is 9.78 Å². The Morgan fingerprint density at radius 3 is 2.85 bits per heavy atom. The molecular weight excluding hydrogens is 398 g/mol. The Balaban J connectivity index is 1.86. The van der Waals surface area contributed by atoms with Crippen molar-refractivity contribution in [2.75, 3.05) is 7.11 Å². The van der Waals surface area contributed by atoms with Crippen molar-refractivity contribution in [3.05, 3.63) is 63.8 Å². The van der Waals surface area contributed by atoms with Crippen LogP contribution < -0.4 is 10.2 Å². The number of carbonyl (C=O) groups excluding carboxylic acids is 1. The van der Waals surface area contributed by atoms with Gasteiger partial charge < -0.3 is 9.84 Å². The second-order valence-corrected chi connectivity index (χ2v) is 6.49. The van der Waals surface area contributed by atoms with E-state index in [0.29, 0.717) is 16.9 Å². The number of nitrogens with one attached hydrogen (secondary N) is 1. The van der Waals surface area contributed by atoms with Gasteiger partial charge in [0.15, 0.2) is 11.5 Å². The lowest BCUT2D eigenvalue weighted by Crippen LogP contribution is -2.18. The number of aromatic nitrogens is 1. The van der Waals surface area contributed by atoms with Gasteiger partial charge in [-0.15, -0.1) is 0 Å². The number of carbonyl (C=O) groups is 1. The van der Waals surface area contributed by atoms with Gasteiger partial charge in [0.1, 0.15) is 0 Å². The van der Waals surface area contributed by atoms with Crippen LogP contribution in [0.3, 0.4) is 0 Å². The van der Waals surface area contributed by atoms with E-state index in [0.717, 1.165) is 21.1 Å². The topological polar surface area (TPSA) is 83.8 Å². The highest BCUT2D eigenvalue weighted by Crippen LogP contribution is 2.32. The molecule has 0 saturated carbocycles. The molecule has 0 bridgehead atoms. The van der Waals surface area contributed by atoms with Crippen LogP contribution in [-0.4, -0.2) is 29.3 Å². The van der Waals surface area contributed by atoms with Crippen molar-refractivity contribution < 1.29 is 14.6 Å². The minimum absolute atomic E-state index is 0.0566. The number of pyridine rings is 1. The van der Waals surface area contributed by atoms with Crippen LogP contribution in [0.5, 0.6) is 11.5 Å². The van der Waals surface area contributed by atoms with E-state index in [1.165, 1.54) is 13.3 Å². The number of rotatable bonds is 4. The highest BCUT2D eigenvalue weighted by molar-refractivity contribution is 9.10. The van der Waals surface area contributed by atoms with Crippen LogP contribution in [0.2, 0.25) is 0 Å². The molecule has 0 spiro atoms. The molecule has 0 atom stereocenters. The molecule has 1 amide bonds. The van der Waals surface area contributed by atoms with Gasteiger partial charge in [-0.1, -0.05) is 34.1 Å². The number of halogens is 1. The Labute approximate surface area is 158 Å². The molecule has 132 valence electrons. The van der Waals surface area contributed by atoms with Gasteiger partial charge in [0.25, 0.3) is 5.91 Å². The predicted molar refractivity (Wildman–Crippen MR) is 104 cm³/mol. The van der Waals surface area contributed by atoms with Gasteiger partial charge in [0.05, 0.1) is 24.4 Å². The van der Waals surface area contributed by atoms with Crippen LogP contribution in [0.4, 0.5) is 0 Å². The number of hydrazone groups is 1. The molecule has 0 aliphatic rings. The standard InChI is InChI=1S/C19H16BrN3O3/c1-11-7-15(14-5-3-4-6-16(14)22-11)19(25)23-21-10-12-8-13(20)9-17(26-2)18(12)24/h3-10,24H,1-2H3,(H,23,25)/b21-10-. The lowest BCUT2D eigenvalue weighted by molar-refractivity contribution is 0.0956. The van der Waals surface area contributed by atoms with Crippen LogP contribution in [0.25, 0.3) is 10.9 Å². The number of amides is 1. The average Bonchev–Trinajstić information content (AvgIpc) is 2.63. The number of fused-ring (bicyclic) bond motifs is 1. The van der Waals surface area contributed by atoms with Gasteiger partial charge >= 0.3 is 0 Å². The van der Waals surface area contributed by atoms with Gasteiger partial charge in [0.2, 0.25) is 0 Å². The molecule has 0 fully saturated rings. The predicted octanol–water partition coefficient (Wildman–Crippen LogP) is 3.78. The summed E-state index contributed by atoms with van der Waals surface area (Å²) < 4.78 is 5.81. The average molecular weight is 414 g/mol. The summed E-state index contributed by atoms with van der Waals surface area (Å²) in [6.45, 7) is 1.83. The molecule has 0 radical (unpaired) electrons. The number of benzene rings is 2. The van der Waals surface area contributed by atoms with E-state index < -0.39 is 0 Å². The molecule has 1 heterocycles. The summed E-state index contributed by atoms with van der Waals surface area (Å²) in [5.41, 5.74) is 4.87. The molecule has 2 N–H and O–H groups in total. The lowest BCUT2D eigenvalue weighted by atomic mass is 10.1. The minimum Gasteiger partial charge on any atom is -0.504 e. The first-order valence-corrected chi connectivity index (χ1v) is 8.55. The SMILES string of the molecule is COc1cc(Br)cc(/C=N\NC(=O)c2cc(C)nc3ccccc23)c1O. The van der Waals surface area contributed by atoms with E-state index in [-0.39, 0.29) is 11.7 Å². The molecule has 3 aromatic rings. The number of phenolic OH excluding ortho intramolecular Hbond substituents is 1. The fourth-order valence-electron chi connectivity index (χ4n) is 2.56. The maximum Gasteiger partial charge on any atom is 0.272 e. The molecule has 0 aliphatic heterocycles. The van der Waals surface area contributed by atoms with Crippen molar-refractivity contribution in [1.29, 1.82) is 0 Å². The normalized spacial score (nSPS) is 11.0. The second-order valence-electron chi connectivity index (χ2n) is 5.57. The fourth-order valence-corrected chi connectivity index (χ4v) is 3.02. The first-order chi connectivity index (χ1) is 12.5. The monoisotopic (exact) mass is 413 g/mol. The van der Waals surface area contributed by atoms with E-state index in [4.69, 9.17) is 4.74 Å². The Morgan fingerprint density at radius 1 is 1.31 bits per heavy atom. The third-order valence-electron chi connectivity index (χ3n) is 3.75. The molecule has 2 aromatic carbocycles. The molecule has 0 saturated heterocycles. The van der Waals surface area contributed by atoms with Gasteiger partial charge in [-0.25, -0.2) is 5.43 Å². The number of ether oxygens (including phenoxy) is 1. The molecule has 7 heteroatoms. The van der Waals surface area contributed by atoms with Crippen molar-refractivity contribution in [3.63, 3.8) is 0 Å². The number of phenols is 1. The third-order valence-corrected chi connectivity index (χ3v) is 4.21. The van der Waals surface area contributed by atoms with E-state index >= 15 is 0 Å². The zero-order valence-corrected chi connectivity index (χ0v) is 15.7. The molecule has 6 nitrogen and oxygen atoms in total. The zero-order valence-electron chi connectivity index (χ0n) is 14.2. The minimum atomic E-state index is -0.357. The van der Waals surface area contributed by atoms with Gasteiger partial charge in [-0.2, -0.15) is 5.10 Å². The van der Waals surface area contributed by atoms with Crippen LogP contribution in [0, 0.1) is 6.92 Å². The number of methoxy groups -OCH3 is 1. The number of hydrogen-bond donors (Lipinski definition) is 2. The highest BCUT2D eigenvalue weighted by Gasteiger charge is 2.12. The molecular formula is C19H16BrN3O3. The van der Waals surface area contributed by atoms with Gasteiger partial charge in [0, 0.05) is 21.1 Å². The van der Waals surface area contributed by atoms with Crippen molar-refractivity contribution in [2.24, 2.45) is 5.10 Å². The summed E-state index contributed by atoms with van der Waals surface area (Å²) in [5.74, 6) is -0.105. The Kier molecular flexibility index (Phi) is 5.18. The van der Waals surface area contributed by atoms with E-state index in [1.807, 2.05) is 31.2 Å². The Bertz CT molecular complexity index is 1020. The van der Waals surface area contributed by atoms with E-state index in [2.05, 4.69) is 31.4 Å². The van der Waals surface area contributed by atoms with Crippen LogP contribution in [-0.2, 0) is 0 Å². The summed E-state index contributed by atoms with van der Waals surface area (Å²) in [7, 11) is 1.46. The van der Waals surface area contributed by atoms with Crippen LogP contribution in [0.15, 0.2) is 52.0 Å². The van der Waals surface area contributed by atoms with E-state index in [9.17, 15) is 9.90 Å². The number of nitrogens with zero attached hydrogens (tertiary/aromatic N) is 2. The zero-order chi connectivity index (χ0) is 18.7. The number of aryl methyl sites for hydroxylation is 1. The highest BCUT2D eigenvalue weighted by atomic mass is 79.9. The Morgan fingerprint density at radius 2 is 2.08 bits per heavy atom. The van der Waals surface area contributed by atoms with E-state index in [1.54, 1.807) is 18.2 Å². The van der Waals surface area contributed by atoms with Crippen LogP contribution in [0.1, 0.15) is 21.6 Å². The molecule has 26 heavy (non-hydrogen) atoms. The molecule has 1 aromatic heterocycles. The Hall–Kier alpha value is -2.93. The van der Waals surface area contributed by atoms with Crippen molar-refractivity contribution >= 4 is 39.0 Å². The molecule has 0 unspecified atom stereocenters. The third kappa shape index (κ3) is 3.67. The van der Waals surface area contributed by atoms with Crippen molar-refractivity contribution in [1.82, 2.24) is 10.4 Å². The summed E-state index contributed by atoms with van der Waals surface area (Å²) >= 11 is 3.33. The number of para-hydroxylation sites is 1. The summed E-state index contributed by atoms with van der Waals surface area (Å²) in [6, 6.07) is 12.4. The molecule has 0 aliphatic carbocycles. The maximum atomic E-state index is 12.5. The van der Waals surface area contributed by atoms with Crippen LogP contribution >= 0.6 is 15.9 Å². The largest absolute Gasteiger partial charge is 0.504 e. The summed E-state index contributed by atoms with van der Waals surface area (Å²) in [4.78, 5) is 16.9. The first-order valence-electron chi connectivity index (χ1n) is 7.76. The maximum absolute atomic E-state index is 12.5. The summed E-state index contributed by atoms with van der Waals surface area (Å²) in [5, 5.41) is 14.8. The second kappa shape index (κ2) is 7.53. The fraction of sp³-hybridized carbons (Fsp3) is 0.105. The van der Waals surface area contributed by atoms with Crippen molar-refractivity contribution in [3.8, 4) is 11.5 Å². The molecule has 3 rings (SSSR count). The van der Waals surface area contributed by atoms with Crippen molar-refractivity contribution in [2.45, 2.75) is 6.92 Å². The smallest absolute Gasteiger partial charge is 0.272 e. The number of hydrogen-bond acceptors (Lipinski definition) is 5. The van der Waals surface area contributed by atoms with Gasteiger partial charge in [-0.05, 0) is 31.2 Å². The summed E-state index contributed by atoms with van der Waals surface area (Å²) in [6.07, 6.45) is 1.36. The quantitative estimate of drug-likeness (QED) is 0.503.